The monoisotopic (exact) mass is 792 g/mol. The molecule has 3 heteroatoms. The van der Waals surface area contributed by atoms with E-state index in [-0.39, 0.29) is 0 Å². The molecule has 2 aromatic heterocycles. The van der Waals surface area contributed by atoms with Crippen molar-refractivity contribution in [3.63, 3.8) is 0 Å². The van der Waals surface area contributed by atoms with Gasteiger partial charge in [0.05, 0.1) is 11.4 Å². The van der Waals surface area contributed by atoms with Crippen LogP contribution >= 0.6 is 11.3 Å². The van der Waals surface area contributed by atoms with Gasteiger partial charge < -0.3 is 0 Å². The lowest BCUT2D eigenvalue weighted by molar-refractivity contribution is 1.18. The Morgan fingerprint density at radius 1 is 0.262 bits per heavy atom. The van der Waals surface area contributed by atoms with Crippen molar-refractivity contribution in [1.29, 1.82) is 0 Å². The number of aromatic nitrogens is 2. The molecule has 0 N–H and O–H groups in total. The summed E-state index contributed by atoms with van der Waals surface area (Å²) in [5, 5.41) is 10.1. The molecule has 2 nitrogen and oxygen atoms in total. The number of hydrogen-bond donors (Lipinski definition) is 0. The summed E-state index contributed by atoms with van der Waals surface area (Å²) < 4.78 is 2.62. The van der Waals surface area contributed by atoms with Crippen molar-refractivity contribution in [2.75, 3.05) is 0 Å². The molecule has 0 radical (unpaired) electrons. The molecular weight excluding hydrogens is 757 g/mol. The molecule has 0 amide bonds. The van der Waals surface area contributed by atoms with Crippen LogP contribution in [-0.4, -0.2) is 9.97 Å². The molecule has 0 spiro atoms. The summed E-state index contributed by atoms with van der Waals surface area (Å²) in [6.07, 6.45) is 0. The summed E-state index contributed by atoms with van der Waals surface area (Å²) in [6.45, 7) is 0. The van der Waals surface area contributed by atoms with Crippen LogP contribution in [0, 0.1) is 0 Å². The second-order valence-electron chi connectivity index (χ2n) is 15.7. The van der Waals surface area contributed by atoms with Crippen LogP contribution in [-0.2, 0) is 0 Å². The second-order valence-corrected chi connectivity index (χ2v) is 16.8. The highest BCUT2D eigenvalue weighted by Gasteiger charge is 2.16. The first-order valence-corrected chi connectivity index (χ1v) is 21.5. The Balaban J connectivity index is 0.983. The zero-order valence-corrected chi connectivity index (χ0v) is 33.9. The fraction of sp³-hybridized carbons (Fsp3) is 0. The smallest absolute Gasteiger partial charge is 0.160 e. The highest BCUT2D eigenvalue weighted by molar-refractivity contribution is 7.25. The van der Waals surface area contributed by atoms with Gasteiger partial charge in [0.15, 0.2) is 5.82 Å². The molecule has 0 bridgehead atoms. The van der Waals surface area contributed by atoms with Gasteiger partial charge in [0, 0.05) is 36.9 Å². The molecule has 0 aliphatic carbocycles. The van der Waals surface area contributed by atoms with Crippen LogP contribution in [0.3, 0.4) is 0 Å². The van der Waals surface area contributed by atoms with Gasteiger partial charge in [-0.15, -0.1) is 11.3 Å². The van der Waals surface area contributed by atoms with E-state index in [1.54, 1.807) is 0 Å². The van der Waals surface area contributed by atoms with Crippen molar-refractivity contribution in [3.8, 4) is 67.3 Å². The van der Waals surface area contributed by atoms with E-state index >= 15 is 0 Å². The van der Waals surface area contributed by atoms with E-state index in [4.69, 9.17) is 9.97 Å². The summed E-state index contributed by atoms with van der Waals surface area (Å²) in [5.41, 5.74) is 11.9. The standard InChI is InChI=1S/C58H36N2S/c1-2-11-37(12-3-1)38-21-23-40(24-22-38)53-36-54(46-16-10-15-43(33-46)44-30-32-56-52(34-44)49-19-8-9-20-55(49)61-56)60-58(59-53)42-27-25-41(26-28-42)57-48-18-7-5-14-45(48)35-51-47-17-6-4-13-39(47)29-31-50(51)57/h1-36H. The number of nitrogens with zero attached hydrogens (tertiary/aromatic N) is 2. The van der Waals surface area contributed by atoms with Gasteiger partial charge in [-0.2, -0.15) is 0 Å². The van der Waals surface area contributed by atoms with Crippen LogP contribution in [0.4, 0.5) is 0 Å². The van der Waals surface area contributed by atoms with Crippen molar-refractivity contribution in [1.82, 2.24) is 9.97 Å². The zero-order valence-electron chi connectivity index (χ0n) is 33.1. The van der Waals surface area contributed by atoms with Gasteiger partial charge in [-0.3, -0.25) is 0 Å². The number of hydrogen-bond acceptors (Lipinski definition) is 3. The predicted molar refractivity (Wildman–Crippen MR) is 260 cm³/mol. The van der Waals surface area contributed by atoms with Crippen molar-refractivity contribution >= 4 is 63.8 Å². The molecule has 0 aliphatic rings. The Labute approximate surface area is 357 Å². The molecule has 61 heavy (non-hydrogen) atoms. The van der Waals surface area contributed by atoms with E-state index in [0.717, 1.165) is 39.2 Å². The van der Waals surface area contributed by atoms with E-state index in [1.165, 1.54) is 74.7 Å². The van der Waals surface area contributed by atoms with Crippen LogP contribution in [0.1, 0.15) is 0 Å². The minimum absolute atomic E-state index is 0.691. The molecule has 2 heterocycles. The minimum Gasteiger partial charge on any atom is -0.228 e. The van der Waals surface area contributed by atoms with Crippen molar-refractivity contribution < 1.29 is 0 Å². The number of fused-ring (bicyclic) bond motifs is 7. The van der Waals surface area contributed by atoms with Crippen LogP contribution in [0.2, 0.25) is 0 Å². The van der Waals surface area contributed by atoms with Gasteiger partial charge >= 0.3 is 0 Å². The molecule has 0 aliphatic heterocycles. The van der Waals surface area contributed by atoms with Crippen LogP contribution in [0.25, 0.3) is 120 Å². The molecular formula is C58H36N2S. The average Bonchev–Trinajstić information content (AvgIpc) is 3.72. The third kappa shape index (κ3) is 6.26. The molecule has 0 atom stereocenters. The molecule has 12 rings (SSSR count). The lowest BCUT2D eigenvalue weighted by Gasteiger charge is -2.15. The summed E-state index contributed by atoms with van der Waals surface area (Å²) in [5.74, 6) is 0.691. The normalized spacial score (nSPS) is 11.6. The van der Waals surface area contributed by atoms with Crippen LogP contribution in [0.5, 0.6) is 0 Å². The Morgan fingerprint density at radius 2 is 0.836 bits per heavy atom. The Hall–Kier alpha value is -7.72. The van der Waals surface area contributed by atoms with Crippen LogP contribution < -0.4 is 0 Å². The first-order valence-electron chi connectivity index (χ1n) is 20.7. The van der Waals surface area contributed by atoms with Crippen molar-refractivity contribution in [3.05, 3.63) is 218 Å². The van der Waals surface area contributed by atoms with Gasteiger partial charge in [0.25, 0.3) is 0 Å². The van der Waals surface area contributed by atoms with Gasteiger partial charge in [0.1, 0.15) is 0 Å². The maximum Gasteiger partial charge on any atom is 0.160 e. The molecule has 10 aromatic carbocycles. The number of benzene rings is 10. The van der Waals surface area contributed by atoms with E-state index in [0.29, 0.717) is 5.82 Å². The van der Waals surface area contributed by atoms with E-state index in [2.05, 4.69) is 218 Å². The maximum atomic E-state index is 5.31. The quantitative estimate of drug-likeness (QED) is 0.124. The Bertz CT molecular complexity index is 3620. The first kappa shape index (κ1) is 35.2. The van der Waals surface area contributed by atoms with Crippen LogP contribution in [0.15, 0.2) is 218 Å². The highest BCUT2D eigenvalue weighted by atomic mass is 32.1. The lowest BCUT2D eigenvalue weighted by atomic mass is 9.89. The van der Waals surface area contributed by atoms with E-state index in [1.807, 2.05) is 11.3 Å². The lowest BCUT2D eigenvalue weighted by Crippen LogP contribution is -1.96. The SMILES string of the molecule is c1ccc(-c2ccc(-c3cc(-c4cccc(-c5ccc6sc7ccccc7c6c5)c4)nc(-c4ccc(-c5c6ccccc6cc6c5ccc5ccccc56)cc4)n3)cc2)cc1. The van der Waals surface area contributed by atoms with Crippen molar-refractivity contribution in [2.24, 2.45) is 0 Å². The van der Waals surface area contributed by atoms with Gasteiger partial charge in [-0.25, -0.2) is 9.97 Å². The maximum absolute atomic E-state index is 5.31. The molecule has 284 valence electrons. The first-order chi connectivity index (χ1) is 30.2. The highest BCUT2D eigenvalue weighted by Crippen LogP contribution is 2.41. The fourth-order valence-electron chi connectivity index (χ4n) is 9.02. The molecule has 0 unspecified atom stereocenters. The average molecular weight is 793 g/mol. The third-order valence-corrected chi connectivity index (χ3v) is 13.2. The molecule has 0 fully saturated rings. The van der Waals surface area contributed by atoms with Crippen molar-refractivity contribution in [2.45, 2.75) is 0 Å². The Morgan fingerprint density at radius 3 is 1.67 bits per heavy atom. The summed E-state index contributed by atoms with van der Waals surface area (Å²) >= 11 is 1.85. The molecule has 0 saturated heterocycles. The number of rotatable bonds is 6. The van der Waals surface area contributed by atoms with Gasteiger partial charge in [0.2, 0.25) is 0 Å². The zero-order chi connectivity index (χ0) is 40.3. The van der Waals surface area contributed by atoms with E-state index < -0.39 is 0 Å². The topological polar surface area (TPSA) is 25.8 Å². The molecule has 0 saturated carbocycles. The summed E-state index contributed by atoms with van der Waals surface area (Å²) in [4.78, 5) is 10.6. The Kier molecular flexibility index (Phi) is 8.39. The summed E-state index contributed by atoms with van der Waals surface area (Å²) in [6, 6.07) is 78.7. The largest absolute Gasteiger partial charge is 0.228 e. The second kappa shape index (κ2) is 14.5. The third-order valence-electron chi connectivity index (χ3n) is 12.1. The van der Waals surface area contributed by atoms with Gasteiger partial charge in [-0.05, 0) is 102 Å². The molecule has 12 aromatic rings. The fourth-order valence-corrected chi connectivity index (χ4v) is 10.1. The van der Waals surface area contributed by atoms with E-state index in [9.17, 15) is 0 Å². The number of thiophene rings is 1. The summed E-state index contributed by atoms with van der Waals surface area (Å²) in [7, 11) is 0. The predicted octanol–water partition coefficient (Wildman–Crippen LogP) is 16.3. The minimum atomic E-state index is 0.691. The van der Waals surface area contributed by atoms with Gasteiger partial charge in [-0.1, -0.05) is 182 Å².